The van der Waals surface area contributed by atoms with Crippen molar-refractivity contribution in [2.45, 2.75) is 0 Å². The number of ketones is 4. The molecule has 54 heavy (non-hydrogen) atoms. The number of benzene rings is 2. The number of aromatic nitrogens is 2. The number of nitrogens with zero attached hydrogens (tertiary/aromatic N) is 6. The number of carbonyl (C=O) groups excluding carboxylic acids is 4. The Morgan fingerprint density at radius 1 is 0.463 bits per heavy atom. The fraction of sp³-hybridized carbons (Fsp3) is 0.0500. The fourth-order valence-electron chi connectivity index (χ4n) is 7.49. The van der Waals surface area contributed by atoms with E-state index >= 15 is 0 Å². The Morgan fingerprint density at radius 3 is 1.06 bits per heavy atom. The first kappa shape index (κ1) is 31.9. The van der Waals surface area contributed by atoms with E-state index in [0.29, 0.717) is 0 Å². The Bertz CT molecular complexity index is 3150. The summed E-state index contributed by atoms with van der Waals surface area (Å²) in [5.74, 6) is -1.85. The first-order chi connectivity index (χ1) is 26.1. The Hall–Kier alpha value is -6.78. The molecule has 0 unspecified atom stereocenters. The smallest absolute Gasteiger partial charge is 0.197 e. The predicted molar refractivity (Wildman–Crippen MR) is 208 cm³/mol. The van der Waals surface area contributed by atoms with Gasteiger partial charge in [0.25, 0.3) is 0 Å². The highest BCUT2D eigenvalue weighted by atomic mass is 32.1. The summed E-state index contributed by atoms with van der Waals surface area (Å²) in [4.78, 5) is 54.7. The van der Waals surface area contributed by atoms with Crippen molar-refractivity contribution in [2.24, 2.45) is 14.1 Å². The van der Waals surface area contributed by atoms with Crippen molar-refractivity contribution < 1.29 is 19.2 Å². The van der Waals surface area contributed by atoms with Gasteiger partial charge in [-0.1, -0.05) is 0 Å². The molecule has 2 aromatic carbocycles. The van der Waals surface area contributed by atoms with Crippen LogP contribution in [-0.4, -0.2) is 32.3 Å². The molecule has 0 fully saturated rings. The highest BCUT2D eigenvalue weighted by Gasteiger charge is 2.36. The van der Waals surface area contributed by atoms with Crippen LogP contribution in [0.5, 0.6) is 0 Å². The van der Waals surface area contributed by atoms with E-state index in [9.17, 15) is 40.2 Å². The first-order valence-electron chi connectivity index (χ1n) is 16.0. The van der Waals surface area contributed by atoms with E-state index in [-0.39, 0.29) is 55.7 Å². The molecule has 2 aliphatic carbocycles. The number of aryl methyl sites for hydroxylation is 2. The van der Waals surface area contributed by atoms with Crippen molar-refractivity contribution in [2.75, 3.05) is 0 Å². The molecule has 252 valence electrons. The van der Waals surface area contributed by atoms with Crippen LogP contribution in [0.4, 0.5) is 0 Å². The highest BCUT2D eigenvalue weighted by molar-refractivity contribution is 7.40. The lowest BCUT2D eigenvalue weighted by Gasteiger charge is -1.98. The van der Waals surface area contributed by atoms with Crippen LogP contribution < -0.4 is 0 Å². The monoisotopic (exact) mass is 770 g/mol. The second kappa shape index (κ2) is 10.9. The molecule has 14 heteroatoms. The molecule has 6 heterocycles. The quantitative estimate of drug-likeness (QED) is 0.124. The van der Waals surface area contributed by atoms with Crippen molar-refractivity contribution in [3.8, 4) is 24.3 Å². The molecule has 0 radical (unpaired) electrons. The molecule has 6 aromatic heterocycles. The average molecular weight is 771 g/mol. The molecule has 8 aromatic rings. The van der Waals surface area contributed by atoms with Crippen LogP contribution in [0.25, 0.3) is 62.4 Å². The zero-order valence-corrected chi connectivity index (χ0v) is 30.8. The minimum atomic E-state index is -0.462. The van der Waals surface area contributed by atoms with Gasteiger partial charge in [0, 0.05) is 46.1 Å². The van der Waals surface area contributed by atoms with Crippen molar-refractivity contribution in [1.82, 2.24) is 9.13 Å². The van der Waals surface area contributed by atoms with Crippen LogP contribution in [0, 0.1) is 45.3 Å². The minimum Gasteiger partial charge on any atom is -0.341 e. The zero-order valence-electron chi connectivity index (χ0n) is 27.6. The van der Waals surface area contributed by atoms with Gasteiger partial charge in [0.05, 0.1) is 83.7 Å². The van der Waals surface area contributed by atoms with Crippen LogP contribution in [-0.2, 0) is 14.1 Å². The van der Waals surface area contributed by atoms with Gasteiger partial charge in [-0.2, -0.15) is 21.0 Å². The molecule has 2 aliphatic rings. The number of nitriles is 4. The summed E-state index contributed by atoms with van der Waals surface area (Å²) < 4.78 is 10.8. The Balaban J connectivity index is 1.04. The number of thiophene rings is 4. The van der Waals surface area contributed by atoms with E-state index in [0.717, 1.165) is 60.0 Å². The summed E-state index contributed by atoms with van der Waals surface area (Å²) in [6.45, 7) is 0. The van der Waals surface area contributed by atoms with Gasteiger partial charge < -0.3 is 9.13 Å². The van der Waals surface area contributed by atoms with Gasteiger partial charge in [-0.05, 0) is 48.6 Å². The van der Waals surface area contributed by atoms with Crippen molar-refractivity contribution in [1.29, 1.82) is 21.0 Å². The lowest BCUT2D eigenvalue weighted by molar-refractivity contribution is 0.0975. The molecule has 0 bridgehead atoms. The van der Waals surface area contributed by atoms with Crippen LogP contribution in [0.3, 0.4) is 0 Å². The summed E-state index contributed by atoms with van der Waals surface area (Å²) >= 11 is 6.36. The molecule has 0 amide bonds. The standard InChI is InChI=1S/C40H14N6O4S4/c1-45-27-9-19(7-25-31(47)21-3-15(11-41)16(12-42)4-22(21)32(25)48)51-35(27)37-29(45)39-40(53-37)30-38(54-39)36-28(46(30)2)10-20(52-36)8-26-33(49)23-5-17(13-43)18(14-44)6-24(23)34(26)50/h3-10H,1-2H3. The van der Waals surface area contributed by atoms with Crippen LogP contribution in [0.15, 0.2) is 47.5 Å². The summed E-state index contributed by atoms with van der Waals surface area (Å²) in [6, 6.07) is 16.9. The van der Waals surface area contributed by atoms with Crippen LogP contribution >= 0.6 is 45.3 Å². The number of rotatable bonds is 2. The predicted octanol–water partition coefficient (Wildman–Crippen LogP) is 8.79. The van der Waals surface area contributed by atoms with Crippen molar-refractivity contribution in [3.05, 3.63) is 102 Å². The van der Waals surface area contributed by atoms with Gasteiger partial charge in [0.2, 0.25) is 0 Å². The minimum absolute atomic E-state index is 0.00650. The number of allylic oxidation sites excluding steroid dienone is 2. The third kappa shape index (κ3) is 3.97. The topological polar surface area (TPSA) is 173 Å². The number of hydrogen-bond donors (Lipinski definition) is 0. The van der Waals surface area contributed by atoms with Gasteiger partial charge >= 0.3 is 0 Å². The van der Waals surface area contributed by atoms with Gasteiger partial charge in [-0.15, -0.1) is 45.3 Å². The second-order valence-corrected chi connectivity index (χ2v) is 17.0. The number of carbonyl (C=O) groups is 4. The number of fused-ring (bicyclic) bond motifs is 11. The van der Waals surface area contributed by atoms with Crippen LogP contribution in [0.1, 0.15) is 73.4 Å². The third-order valence-electron chi connectivity index (χ3n) is 10.1. The molecule has 0 saturated heterocycles. The maximum Gasteiger partial charge on any atom is 0.197 e. The highest BCUT2D eigenvalue weighted by Crippen LogP contribution is 2.52. The third-order valence-corrected chi connectivity index (χ3v) is 15.0. The Labute approximate surface area is 318 Å². The molecule has 0 spiro atoms. The number of Topliss-reactive ketones (excluding diaryl/α,β-unsaturated/α-hetero) is 4. The van der Waals surface area contributed by atoms with E-state index in [1.54, 1.807) is 34.8 Å². The van der Waals surface area contributed by atoms with E-state index in [1.165, 1.54) is 46.9 Å². The normalized spacial score (nSPS) is 13.7. The van der Waals surface area contributed by atoms with Gasteiger partial charge in [0.1, 0.15) is 24.3 Å². The van der Waals surface area contributed by atoms with Gasteiger partial charge in [0.15, 0.2) is 23.1 Å². The zero-order chi connectivity index (χ0) is 37.5. The maximum absolute atomic E-state index is 13.3. The van der Waals surface area contributed by atoms with Gasteiger partial charge in [-0.25, -0.2) is 0 Å². The van der Waals surface area contributed by atoms with E-state index in [2.05, 4.69) is 9.13 Å². The van der Waals surface area contributed by atoms with Crippen molar-refractivity contribution >= 4 is 131 Å². The largest absolute Gasteiger partial charge is 0.341 e. The van der Waals surface area contributed by atoms with Gasteiger partial charge in [-0.3, -0.25) is 19.2 Å². The molecule has 0 saturated carbocycles. The first-order valence-corrected chi connectivity index (χ1v) is 19.3. The molecule has 10 nitrogen and oxygen atoms in total. The van der Waals surface area contributed by atoms with Crippen molar-refractivity contribution in [3.63, 3.8) is 0 Å². The summed E-state index contributed by atoms with van der Waals surface area (Å²) in [6.07, 6.45) is 3.20. The molecule has 0 aliphatic heterocycles. The molecular formula is C40H14N6O4S4. The average Bonchev–Trinajstić information content (AvgIpc) is 4.05. The lowest BCUT2D eigenvalue weighted by Crippen LogP contribution is -1.99. The second-order valence-electron chi connectivity index (χ2n) is 12.8. The van der Waals surface area contributed by atoms with E-state index in [1.807, 2.05) is 50.5 Å². The Morgan fingerprint density at radius 2 is 0.759 bits per heavy atom. The molecule has 0 N–H and O–H groups in total. The SMILES string of the molecule is Cn1c2cc(C=C3C(=O)c4cc(C#N)c(C#N)cc4C3=O)sc2c2sc3c(sc4c5sc(C=C6C(=O)c7cc(C#N)c(C#N)cc7C6=O)cc5n(C)c43)c21. The van der Waals surface area contributed by atoms with E-state index < -0.39 is 23.1 Å². The fourth-order valence-corrected chi connectivity index (χ4v) is 13.0. The maximum atomic E-state index is 13.3. The van der Waals surface area contributed by atoms with Crippen LogP contribution in [0.2, 0.25) is 0 Å². The lowest BCUT2D eigenvalue weighted by atomic mass is 10.0. The Kier molecular flexibility index (Phi) is 6.43. The van der Waals surface area contributed by atoms with E-state index in [4.69, 9.17) is 0 Å². The summed E-state index contributed by atoms with van der Waals surface area (Å²) in [7, 11) is 3.99. The molecular weight excluding hydrogens is 757 g/mol. The molecule has 10 rings (SSSR count). The summed E-state index contributed by atoms with van der Waals surface area (Å²) in [5, 5.41) is 37.7. The number of hydrogen-bond acceptors (Lipinski definition) is 12. The summed E-state index contributed by atoms with van der Waals surface area (Å²) in [5.41, 5.74) is 4.89. The molecule has 0 atom stereocenters.